The van der Waals surface area contributed by atoms with Crippen LogP contribution >= 0.6 is 0 Å². The van der Waals surface area contributed by atoms with Gasteiger partial charge < -0.3 is 9.84 Å². The third-order valence-corrected chi connectivity index (χ3v) is 4.78. The second-order valence-corrected chi connectivity index (χ2v) is 6.11. The Kier molecular flexibility index (Phi) is 3.78. The lowest BCUT2D eigenvalue weighted by molar-refractivity contribution is -0.113. The Hall–Kier alpha value is -1.00. The van der Waals surface area contributed by atoms with Gasteiger partial charge >= 0.3 is 0 Å². The molecule has 0 radical (unpaired) electrons. The van der Waals surface area contributed by atoms with E-state index in [-0.39, 0.29) is 11.5 Å². The number of hydrogen-bond acceptors (Lipinski definition) is 2. The molecule has 2 unspecified atom stereocenters. The lowest BCUT2D eigenvalue weighted by Gasteiger charge is -2.40. The lowest BCUT2D eigenvalue weighted by Crippen LogP contribution is -2.39. The van der Waals surface area contributed by atoms with Gasteiger partial charge in [0.1, 0.15) is 0 Å². The molecule has 2 nitrogen and oxygen atoms in total. The molecule has 1 saturated heterocycles. The van der Waals surface area contributed by atoms with Crippen LogP contribution < -0.4 is 0 Å². The van der Waals surface area contributed by atoms with E-state index >= 15 is 0 Å². The minimum atomic E-state index is -0.899. The zero-order valence-corrected chi connectivity index (χ0v) is 11.4. The topological polar surface area (TPSA) is 29.5 Å². The number of aliphatic hydroxyl groups excluding tert-OH is 1. The third kappa shape index (κ3) is 2.59. The molecule has 4 heteroatoms. The van der Waals surface area contributed by atoms with Gasteiger partial charge in [0.15, 0.2) is 11.6 Å². The van der Waals surface area contributed by atoms with Gasteiger partial charge in [-0.3, -0.25) is 0 Å². The van der Waals surface area contributed by atoms with E-state index in [2.05, 4.69) is 0 Å². The van der Waals surface area contributed by atoms with Crippen LogP contribution in [0.3, 0.4) is 0 Å². The molecule has 0 amide bonds. The SMILES string of the molecule is OC(c1ccc(F)c(F)c1)C1CCOC2(CCCC2)C1. The number of halogens is 2. The summed E-state index contributed by atoms with van der Waals surface area (Å²) in [6.45, 7) is 0.644. The smallest absolute Gasteiger partial charge is 0.159 e. The van der Waals surface area contributed by atoms with E-state index in [0.29, 0.717) is 12.2 Å². The van der Waals surface area contributed by atoms with Crippen molar-refractivity contribution in [3.05, 3.63) is 35.4 Å². The Balaban J connectivity index is 1.75. The highest BCUT2D eigenvalue weighted by Crippen LogP contribution is 2.45. The fourth-order valence-corrected chi connectivity index (χ4v) is 3.67. The monoisotopic (exact) mass is 282 g/mol. The van der Waals surface area contributed by atoms with Gasteiger partial charge in [0, 0.05) is 6.61 Å². The summed E-state index contributed by atoms with van der Waals surface area (Å²) in [5, 5.41) is 10.5. The summed E-state index contributed by atoms with van der Waals surface area (Å²) in [5.41, 5.74) is 0.381. The van der Waals surface area contributed by atoms with Crippen molar-refractivity contribution < 1.29 is 18.6 Å². The van der Waals surface area contributed by atoms with Crippen molar-refractivity contribution in [3.63, 3.8) is 0 Å². The van der Waals surface area contributed by atoms with Crippen LogP contribution in [-0.4, -0.2) is 17.3 Å². The number of ether oxygens (including phenoxy) is 1. The van der Waals surface area contributed by atoms with Gasteiger partial charge in [-0.25, -0.2) is 8.78 Å². The van der Waals surface area contributed by atoms with E-state index in [1.54, 1.807) is 0 Å². The molecule has 20 heavy (non-hydrogen) atoms. The van der Waals surface area contributed by atoms with Gasteiger partial charge in [0.25, 0.3) is 0 Å². The van der Waals surface area contributed by atoms with E-state index in [9.17, 15) is 13.9 Å². The van der Waals surface area contributed by atoms with Crippen LogP contribution in [0.1, 0.15) is 50.2 Å². The van der Waals surface area contributed by atoms with E-state index in [0.717, 1.165) is 37.8 Å². The number of hydrogen-bond donors (Lipinski definition) is 1. The quantitative estimate of drug-likeness (QED) is 0.895. The number of benzene rings is 1. The molecule has 0 bridgehead atoms. The summed E-state index contributed by atoms with van der Waals surface area (Å²) in [7, 11) is 0. The Morgan fingerprint density at radius 1 is 1.20 bits per heavy atom. The van der Waals surface area contributed by atoms with E-state index in [4.69, 9.17) is 4.74 Å². The van der Waals surface area contributed by atoms with Crippen molar-refractivity contribution in [1.29, 1.82) is 0 Å². The molecule has 2 fully saturated rings. The maximum absolute atomic E-state index is 13.3. The normalized spacial score (nSPS) is 26.9. The van der Waals surface area contributed by atoms with Gasteiger partial charge in [0.2, 0.25) is 0 Å². The summed E-state index contributed by atoms with van der Waals surface area (Å²) in [4.78, 5) is 0. The first kappa shape index (κ1) is 14.0. The van der Waals surface area contributed by atoms with Crippen LogP contribution in [0.5, 0.6) is 0 Å². The standard InChI is InChI=1S/C16H20F2O2/c17-13-4-3-11(9-14(13)18)15(19)12-5-8-20-16(10-12)6-1-2-7-16/h3-4,9,12,15,19H,1-2,5-8,10H2. The summed E-state index contributed by atoms with van der Waals surface area (Å²) >= 11 is 0. The second-order valence-electron chi connectivity index (χ2n) is 6.11. The van der Waals surface area contributed by atoms with Gasteiger partial charge in [-0.1, -0.05) is 18.9 Å². The fourth-order valence-electron chi connectivity index (χ4n) is 3.67. The summed E-state index contributed by atoms with van der Waals surface area (Å²) in [5.74, 6) is -1.71. The molecule has 1 aromatic carbocycles. The molecule has 1 aliphatic heterocycles. The Labute approximate surface area is 117 Å². The van der Waals surface area contributed by atoms with Gasteiger partial charge in [-0.05, 0) is 49.3 Å². The van der Waals surface area contributed by atoms with Gasteiger partial charge in [-0.15, -0.1) is 0 Å². The molecular weight excluding hydrogens is 262 g/mol. The Morgan fingerprint density at radius 3 is 2.65 bits per heavy atom. The highest BCUT2D eigenvalue weighted by Gasteiger charge is 2.42. The fraction of sp³-hybridized carbons (Fsp3) is 0.625. The molecule has 2 atom stereocenters. The summed E-state index contributed by atoms with van der Waals surface area (Å²) < 4.78 is 32.2. The molecule has 1 saturated carbocycles. The lowest BCUT2D eigenvalue weighted by atomic mass is 9.80. The third-order valence-electron chi connectivity index (χ3n) is 4.78. The molecule has 2 aliphatic rings. The van der Waals surface area contributed by atoms with Crippen LogP contribution in [0.4, 0.5) is 8.78 Å². The highest BCUT2D eigenvalue weighted by atomic mass is 19.2. The van der Waals surface area contributed by atoms with Gasteiger partial charge in [0.05, 0.1) is 11.7 Å². The average molecular weight is 282 g/mol. The maximum Gasteiger partial charge on any atom is 0.159 e. The predicted molar refractivity (Wildman–Crippen MR) is 71.2 cm³/mol. The van der Waals surface area contributed by atoms with Crippen LogP contribution in [0.15, 0.2) is 18.2 Å². The van der Waals surface area contributed by atoms with Crippen LogP contribution in [0, 0.1) is 17.6 Å². The molecule has 1 aromatic rings. The van der Waals surface area contributed by atoms with Crippen molar-refractivity contribution in [3.8, 4) is 0 Å². The molecule has 1 heterocycles. The van der Waals surface area contributed by atoms with E-state index in [1.165, 1.54) is 18.9 Å². The second kappa shape index (κ2) is 5.41. The minimum absolute atomic E-state index is 0.0618. The zero-order valence-electron chi connectivity index (χ0n) is 11.4. The van der Waals surface area contributed by atoms with Crippen LogP contribution in [0.2, 0.25) is 0 Å². The zero-order chi connectivity index (χ0) is 14.2. The molecular formula is C16H20F2O2. The van der Waals surface area contributed by atoms with E-state index < -0.39 is 17.7 Å². The first-order chi connectivity index (χ1) is 9.60. The minimum Gasteiger partial charge on any atom is -0.388 e. The van der Waals surface area contributed by atoms with Crippen molar-refractivity contribution in [2.45, 2.75) is 50.2 Å². The number of rotatable bonds is 2. The van der Waals surface area contributed by atoms with Crippen molar-refractivity contribution in [2.24, 2.45) is 5.92 Å². The highest BCUT2D eigenvalue weighted by molar-refractivity contribution is 5.21. The van der Waals surface area contributed by atoms with Gasteiger partial charge in [-0.2, -0.15) is 0 Å². The predicted octanol–water partition coefficient (Wildman–Crippen LogP) is 3.74. The summed E-state index contributed by atoms with van der Waals surface area (Å²) in [6, 6.07) is 3.66. The van der Waals surface area contributed by atoms with Crippen molar-refractivity contribution in [1.82, 2.24) is 0 Å². The Morgan fingerprint density at radius 2 is 1.95 bits per heavy atom. The van der Waals surface area contributed by atoms with Crippen LogP contribution in [-0.2, 0) is 4.74 Å². The molecule has 110 valence electrons. The number of aliphatic hydroxyl groups is 1. The average Bonchev–Trinajstić information content (AvgIpc) is 2.89. The largest absolute Gasteiger partial charge is 0.388 e. The Bertz CT molecular complexity index is 483. The molecule has 1 N–H and O–H groups in total. The molecule has 3 rings (SSSR count). The van der Waals surface area contributed by atoms with E-state index in [1.807, 2.05) is 0 Å². The first-order valence-electron chi connectivity index (χ1n) is 7.37. The van der Waals surface area contributed by atoms with Crippen molar-refractivity contribution in [2.75, 3.05) is 6.61 Å². The first-order valence-corrected chi connectivity index (χ1v) is 7.37. The summed E-state index contributed by atoms with van der Waals surface area (Å²) in [6.07, 6.45) is 5.28. The van der Waals surface area contributed by atoms with Crippen molar-refractivity contribution >= 4 is 0 Å². The molecule has 1 aliphatic carbocycles. The molecule has 1 spiro atoms. The van der Waals surface area contributed by atoms with Crippen LogP contribution in [0.25, 0.3) is 0 Å². The molecule has 0 aromatic heterocycles. The maximum atomic E-state index is 13.3.